The first-order valence-electron chi connectivity index (χ1n) is 6.43. The molecule has 21 heavy (non-hydrogen) atoms. The summed E-state index contributed by atoms with van der Waals surface area (Å²) in [6, 6.07) is 6.51. The van der Waals surface area contributed by atoms with Gasteiger partial charge in [0.05, 0.1) is 24.6 Å². The van der Waals surface area contributed by atoms with Crippen molar-refractivity contribution in [2.45, 2.75) is 18.7 Å². The van der Waals surface area contributed by atoms with E-state index >= 15 is 0 Å². The molecular weight excluding hydrogens is 316 g/mol. The molecule has 6 nitrogen and oxygen atoms in total. The van der Waals surface area contributed by atoms with Gasteiger partial charge in [0.2, 0.25) is 10.0 Å². The molecule has 1 rings (SSSR count). The summed E-state index contributed by atoms with van der Waals surface area (Å²) in [6.45, 7) is 4.04. The lowest BCUT2D eigenvalue weighted by atomic mass is 10.2. The number of ether oxygens (including phenoxy) is 1. The molecule has 1 aromatic carbocycles. The first kappa shape index (κ1) is 19.9. The van der Waals surface area contributed by atoms with Gasteiger partial charge in [-0.3, -0.25) is 4.79 Å². The van der Waals surface area contributed by atoms with Gasteiger partial charge in [-0.25, -0.2) is 8.42 Å². The summed E-state index contributed by atoms with van der Waals surface area (Å²) in [5.41, 5.74) is 4.61. The van der Waals surface area contributed by atoms with Crippen molar-refractivity contribution < 1.29 is 36.1 Å². The SMILES string of the molecule is CCOC(=O)CN(CC[NH3+])S(=O)(=O)c1ccc(C)cc1.[Cl-]. The summed E-state index contributed by atoms with van der Waals surface area (Å²) in [5, 5.41) is 0. The van der Waals surface area contributed by atoms with Crippen LogP contribution in [0, 0.1) is 6.92 Å². The Balaban J connectivity index is 0.00000400. The van der Waals surface area contributed by atoms with Crippen molar-refractivity contribution in [3.63, 3.8) is 0 Å². The second-order valence-electron chi connectivity index (χ2n) is 4.31. The van der Waals surface area contributed by atoms with E-state index in [1.807, 2.05) is 6.92 Å². The quantitative estimate of drug-likeness (QED) is 0.531. The standard InChI is InChI=1S/C13H20N2O4S.ClH/c1-3-19-13(16)10-15(9-8-14)20(17,18)12-6-4-11(2)5-7-12;/h4-7H,3,8-10,14H2,1-2H3;1H. The van der Waals surface area contributed by atoms with Crippen LogP contribution in [-0.2, 0) is 19.6 Å². The average molecular weight is 337 g/mol. The molecule has 0 saturated carbocycles. The van der Waals surface area contributed by atoms with Crippen molar-refractivity contribution in [1.29, 1.82) is 0 Å². The number of quaternary nitrogens is 1. The fourth-order valence-electron chi connectivity index (χ4n) is 1.67. The molecule has 0 spiro atoms. The van der Waals surface area contributed by atoms with Crippen LogP contribution in [0.2, 0.25) is 0 Å². The predicted molar refractivity (Wildman–Crippen MR) is 74.3 cm³/mol. The van der Waals surface area contributed by atoms with Gasteiger partial charge in [0.25, 0.3) is 0 Å². The molecule has 0 saturated heterocycles. The number of benzene rings is 1. The smallest absolute Gasteiger partial charge is 0.321 e. The van der Waals surface area contributed by atoms with Gasteiger partial charge in [-0.1, -0.05) is 17.7 Å². The highest BCUT2D eigenvalue weighted by Gasteiger charge is 2.26. The molecule has 0 amide bonds. The number of hydrogen-bond acceptors (Lipinski definition) is 4. The summed E-state index contributed by atoms with van der Waals surface area (Å²) < 4.78 is 30.8. The number of halogens is 1. The Bertz CT molecular complexity index is 546. The maximum absolute atomic E-state index is 12.5. The number of rotatable bonds is 7. The van der Waals surface area contributed by atoms with E-state index in [-0.39, 0.29) is 37.0 Å². The number of carbonyl (C=O) groups excluding carboxylic acids is 1. The molecule has 120 valence electrons. The summed E-state index contributed by atoms with van der Waals surface area (Å²) in [6.07, 6.45) is 0. The Morgan fingerprint density at radius 1 is 1.29 bits per heavy atom. The Kier molecular flexibility index (Phi) is 8.50. The molecule has 0 aromatic heterocycles. The van der Waals surface area contributed by atoms with Crippen LogP contribution in [0.15, 0.2) is 29.2 Å². The van der Waals surface area contributed by atoms with Gasteiger partial charge in [0.1, 0.15) is 6.54 Å². The van der Waals surface area contributed by atoms with Crippen LogP contribution in [-0.4, -0.2) is 44.9 Å². The maximum Gasteiger partial charge on any atom is 0.321 e. The summed E-state index contributed by atoms with van der Waals surface area (Å²) in [4.78, 5) is 11.7. The van der Waals surface area contributed by atoms with Gasteiger partial charge in [-0.2, -0.15) is 4.31 Å². The Morgan fingerprint density at radius 3 is 2.33 bits per heavy atom. The second kappa shape index (κ2) is 8.99. The van der Waals surface area contributed by atoms with Crippen molar-refractivity contribution >= 4 is 16.0 Å². The largest absolute Gasteiger partial charge is 1.00 e. The molecule has 8 heteroatoms. The molecule has 0 unspecified atom stereocenters. The van der Waals surface area contributed by atoms with E-state index in [9.17, 15) is 13.2 Å². The van der Waals surface area contributed by atoms with E-state index in [4.69, 9.17) is 4.74 Å². The van der Waals surface area contributed by atoms with Crippen LogP contribution in [0.3, 0.4) is 0 Å². The topological polar surface area (TPSA) is 91.3 Å². The van der Waals surface area contributed by atoms with Crippen molar-refractivity contribution in [2.24, 2.45) is 0 Å². The van der Waals surface area contributed by atoms with Crippen LogP contribution in [0.5, 0.6) is 0 Å². The number of nitrogens with zero attached hydrogens (tertiary/aromatic N) is 1. The van der Waals surface area contributed by atoms with Crippen molar-refractivity contribution in [2.75, 3.05) is 26.2 Å². The fraction of sp³-hybridized carbons (Fsp3) is 0.462. The molecule has 1 aromatic rings. The molecule has 0 aliphatic carbocycles. The van der Waals surface area contributed by atoms with Crippen molar-refractivity contribution in [3.8, 4) is 0 Å². The van der Waals surface area contributed by atoms with Crippen LogP contribution in [0.1, 0.15) is 12.5 Å². The predicted octanol–water partition coefficient (Wildman–Crippen LogP) is -3.21. The molecule has 0 radical (unpaired) electrons. The third-order valence-electron chi connectivity index (χ3n) is 2.68. The van der Waals surface area contributed by atoms with E-state index in [1.54, 1.807) is 19.1 Å². The number of carbonyl (C=O) groups is 1. The highest BCUT2D eigenvalue weighted by molar-refractivity contribution is 7.89. The van der Waals surface area contributed by atoms with Gasteiger partial charge < -0.3 is 22.9 Å². The Labute approximate surface area is 131 Å². The minimum atomic E-state index is -3.70. The minimum Gasteiger partial charge on any atom is -1.00 e. The van der Waals surface area contributed by atoms with Crippen molar-refractivity contribution in [3.05, 3.63) is 29.8 Å². The highest BCUT2D eigenvalue weighted by atomic mass is 35.5. The van der Waals surface area contributed by atoms with E-state index in [2.05, 4.69) is 5.73 Å². The van der Waals surface area contributed by atoms with E-state index in [1.165, 1.54) is 12.1 Å². The summed E-state index contributed by atoms with van der Waals surface area (Å²) in [5.74, 6) is -0.559. The lowest BCUT2D eigenvalue weighted by molar-refractivity contribution is -0.367. The van der Waals surface area contributed by atoms with E-state index < -0.39 is 16.0 Å². The number of aryl methyl sites for hydroxylation is 1. The van der Waals surface area contributed by atoms with Gasteiger partial charge in [0, 0.05) is 0 Å². The van der Waals surface area contributed by atoms with Crippen molar-refractivity contribution in [1.82, 2.24) is 4.31 Å². The molecule has 0 aliphatic rings. The number of sulfonamides is 1. The first-order chi connectivity index (χ1) is 9.41. The van der Waals surface area contributed by atoms with E-state index in [0.717, 1.165) is 9.87 Å². The number of esters is 1. The molecule has 0 bridgehead atoms. The van der Waals surface area contributed by atoms with Crippen LogP contribution in [0.25, 0.3) is 0 Å². The molecule has 0 aliphatic heterocycles. The third kappa shape index (κ3) is 5.62. The zero-order chi connectivity index (χ0) is 15.2. The summed E-state index contributed by atoms with van der Waals surface area (Å²) in [7, 11) is -3.70. The van der Waals surface area contributed by atoms with Gasteiger partial charge >= 0.3 is 5.97 Å². The van der Waals surface area contributed by atoms with E-state index in [0.29, 0.717) is 6.54 Å². The van der Waals surface area contributed by atoms with Gasteiger partial charge in [0.15, 0.2) is 0 Å². The molecule has 0 fully saturated rings. The van der Waals surface area contributed by atoms with Gasteiger partial charge in [-0.15, -0.1) is 0 Å². The highest BCUT2D eigenvalue weighted by Crippen LogP contribution is 2.16. The fourth-order valence-corrected chi connectivity index (χ4v) is 3.09. The minimum absolute atomic E-state index is 0. The zero-order valence-electron chi connectivity index (χ0n) is 12.2. The molecule has 3 N–H and O–H groups in total. The summed E-state index contributed by atoms with van der Waals surface area (Å²) >= 11 is 0. The third-order valence-corrected chi connectivity index (χ3v) is 4.54. The van der Waals surface area contributed by atoms with Crippen LogP contribution < -0.4 is 18.1 Å². The van der Waals surface area contributed by atoms with Crippen LogP contribution >= 0.6 is 0 Å². The first-order valence-corrected chi connectivity index (χ1v) is 7.87. The molecule has 0 heterocycles. The number of hydrogen-bond donors (Lipinski definition) is 1. The maximum atomic E-state index is 12.5. The normalized spacial score (nSPS) is 11.0. The van der Waals surface area contributed by atoms with Crippen LogP contribution in [0.4, 0.5) is 0 Å². The second-order valence-corrected chi connectivity index (χ2v) is 6.25. The monoisotopic (exact) mass is 336 g/mol. The average Bonchev–Trinajstić information content (AvgIpc) is 2.39. The lowest BCUT2D eigenvalue weighted by Crippen LogP contribution is -3.00. The molecule has 0 atom stereocenters. The van der Waals surface area contributed by atoms with Gasteiger partial charge in [-0.05, 0) is 26.0 Å². The zero-order valence-corrected chi connectivity index (χ0v) is 13.8. The molecular formula is C13H21ClN2O4S. The Morgan fingerprint density at radius 2 is 1.86 bits per heavy atom. The Hall–Kier alpha value is -1.15. The lowest BCUT2D eigenvalue weighted by Gasteiger charge is -2.19.